The second-order valence-corrected chi connectivity index (χ2v) is 5.48. The molecule has 0 saturated carbocycles. The van der Waals surface area contributed by atoms with Gasteiger partial charge < -0.3 is 0 Å². The Bertz CT molecular complexity index is 659. The van der Waals surface area contributed by atoms with Gasteiger partial charge in [0, 0.05) is 29.1 Å². The highest BCUT2D eigenvalue weighted by Gasteiger charge is 2.14. The van der Waals surface area contributed by atoms with E-state index in [9.17, 15) is 0 Å². The Morgan fingerprint density at radius 1 is 1.16 bits per heavy atom. The number of hydrazine groups is 1. The SMILES string of the molecule is NNC(Cc1cccs1)c1cncc2ccccc12. The number of fused-ring (bicyclic) bond motifs is 1. The number of thiophene rings is 1. The van der Waals surface area contributed by atoms with Crippen LogP contribution in [0, 0.1) is 0 Å². The maximum atomic E-state index is 5.74. The lowest BCUT2D eigenvalue weighted by Crippen LogP contribution is -2.29. The Morgan fingerprint density at radius 3 is 2.84 bits per heavy atom. The van der Waals surface area contributed by atoms with Crippen LogP contribution < -0.4 is 11.3 Å². The van der Waals surface area contributed by atoms with Crippen LogP contribution in [0.4, 0.5) is 0 Å². The number of nitrogens with zero attached hydrogens (tertiary/aromatic N) is 1. The largest absolute Gasteiger partial charge is 0.271 e. The Morgan fingerprint density at radius 2 is 2.05 bits per heavy atom. The molecular formula is C15H15N3S. The molecule has 4 heteroatoms. The maximum Gasteiger partial charge on any atom is 0.0529 e. The predicted molar refractivity (Wildman–Crippen MR) is 79.8 cm³/mol. The first-order chi connectivity index (χ1) is 9.38. The van der Waals surface area contributed by atoms with Crippen molar-refractivity contribution in [2.24, 2.45) is 5.84 Å². The number of rotatable bonds is 4. The molecule has 3 N–H and O–H groups in total. The number of benzene rings is 1. The van der Waals surface area contributed by atoms with Gasteiger partial charge >= 0.3 is 0 Å². The molecule has 0 saturated heterocycles. The highest BCUT2D eigenvalue weighted by Crippen LogP contribution is 2.26. The summed E-state index contributed by atoms with van der Waals surface area (Å²) in [5.74, 6) is 5.74. The third kappa shape index (κ3) is 2.51. The fraction of sp³-hybridized carbons (Fsp3) is 0.133. The monoisotopic (exact) mass is 269 g/mol. The average molecular weight is 269 g/mol. The molecule has 0 aliphatic carbocycles. The van der Waals surface area contributed by atoms with E-state index in [0.717, 1.165) is 17.4 Å². The van der Waals surface area contributed by atoms with Crippen molar-refractivity contribution in [1.29, 1.82) is 0 Å². The number of hydrogen-bond acceptors (Lipinski definition) is 4. The van der Waals surface area contributed by atoms with Gasteiger partial charge in [0.05, 0.1) is 6.04 Å². The molecule has 3 rings (SSSR count). The minimum Gasteiger partial charge on any atom is -0.271 e. The van der Waals surface area contributed by atoms with E-state index in [1.807, 2.05) is 24.5 Å². The predicted octanol–water partition coefficient (Wildman–Crippen LogP) is 3.04. The summed E-state index contributed by atoms with van der Waals surface area (Å²) in [6.07, 6.45) is 4.67. The zero-order chi connectivity index (χ0) is 13.1. The molecule has 0 amide bonds. The van der Waals surface area contributed by atoms with Crippen LogP contribution in [-0.4, -0.2) is 4.98 Å². The van der Waals surface area contributed by atoms with Crippen molar-refractivity contribution in [3.63, 3.8) is 0 Å². The summed E-state index contributed by atoms with van der Waals surface area (Å²) in [7, 11) is 0. The van der Waals surface area contributed by atoms with E-state index in [-0.39, 0.29) is 6.04 Å². The molecule has 0 fully saturated rings. The van der Waals surface area contributed by atoms with Crippen LogP contribution in [0.5, 0.6) is 0 Å². The van der Waals surface area contributed by atoms with Gasteiger partial charge in [-0.1, -0.05) is 30.3 Å². The quantitative estimate of drug-likeness (QED) is 0.565. The van der Waals surface area contributed by atoms with Crippen LogP contribution in [0.25, 0.3) is 10.8 Å². The van der Waals surface area contributed by atoms with Gasteiger partial charge in [0.15, 0.2) is 0 Å². The highest BCUT2D eigenvalue weighted by atomic mass is 32.1. The molecule has 2 heterocycles. The average Bonchev–Trinajstić information content (AvgIpc) is 2.97. The number of nitrogens with one attached hydrogen (secondary N) is 1. The molecule has 3 aromatic rings. The number of hydrogen-bond donors (Lipinski definition) is 2. The van der Waals surface area contributed by atoms with Gasteiger partial charge in [0.25, 0.3) is 0 Å². The van der Waals surface area contributed by atoms with Gasteiger partial charge in [0.1, 0.15) is 0 Å². The van der Waals surface area contributed by atoms with Crippen molar-refractivity contribution in [3.05, 3.63) is 64.6 Å². The summed E-state index contributed by atoms with van der Waals surface area (Å²) in [6, 6.07) is 12.5. The summed E-state index contributed by atoms with van der Waals surface area (Å²) in [5.41, 5.74) is 4.06. The lowest BCUT2D eigenvalue weighted by atomic mass is 9.99. The third-order valence-corrected chi connectivity index (χ3v) is 4.16. The van der Waals surface area contributed by atoms with Crippen molar-refractivity contribution in [2.45, 2.75) is 12.5 Å². The van der Waals surface area contributed by atoms with Crippen LogP contribution in [-0.2, 0) is 6.42 Å². The molecule has 1 aromatic carbocycles. The van der Waals surface area contributed by atoms with E-state index in [0.29, 0.717) is 0 Å². The van der Waals surface area contributed by atoms with Gasteiger partial charge in [-0.25, -0.2) is 0 Å². The lowest BCUT2D eigenvalue weighted by molar-refractivity contribution is 0.558. The summed E-state index contributed by atoms with van der Waals surface area (Å²) < 4.78 is 0. The molecule has 19 heavy (non-hydrogen) atoms. The van der Waals surface area contributed by atoms with Crippen LogP contribution in [0.2, 0.25) is 0 Å². The van der Waals surface area contributed by atoms with Gasteiger partial charge in [-0.05, 0) is 22.4 Å². The Balaban J connectivity index is 2.01. The van der Waals surface area contributed by atoms with Gasteiger partial charge in [-0.3, -0.25) is 16.3 Å². The maximum absolute atomic E-state index is 5.74. The molecular weight excluding hydrogens is 254 g/mol. The molecule has 96 valence electrons. The van der Waals surface area contributed by atoms with Gasteiger partial charge in [-0.2, -0.15) is 0 Å². The molecule has 2 aromatic heterocycles. The van der Waals surface area contributed by atoms with E-state index >= 15 is 0 Å². The molecule has 0 aliphatic rings. The molecule has 0 bridgehead atoms. The van der Waals surface area contributed by atoms with Crippen LogP contribution in [0.3, 0.4) is 0 Å². The fourth-order valence-corrected chi connectivity index (χ4v) is 3.06. The zero-order valence-electron chi connectivity index (χ0n) is 10.4. The lowest BCUT2D eigenvalue weighted by Gasteiger charge is -2.17. The summed E-state index contributed by atoms with van der Waals surface area (Å²) in [4.78, 5) is 5.63. The standard InChI is InChI=1S/C15H15N3S/c16-18-15(8-12-5-3-7-19-12)14-10-17-9-11-4-1-2-6-13(11)14/h1-7,9-10,15,18H,8,16H2. The van der Waals surface area contributed by atoms with Crippen LogP contribution >= 0.6 is 11.3 Å². The normalized spacial score (nSPS) is 12.7. The second kappa shape index (κ2) is 5.48. The molecule has 1 atom stereocenters. The first-order valence-electron chi connectivity index (χ1n) is 6.19. The Labute approximate surface area is 116 Å². The fourth-order valence-electron chi connectivity index (χ4n) is 2.31. The minimum atomic E-state index is 0.0808. The van der Waals surface area contributed by atoms with Crippen molar-refractivity contribution >= 4 is 22.1 Å². The van der Waals surface area contributed by atoms with E-state index in [4.69, 9.17) is 5.84 Å². The van der Waals surface area contributed by atoms with Crippen molar-refractivity contribution in [2.75, 3.05) is 0 Å². The van der Waals surface area contributed by atoms with Crippen molar-refractivity contribution in [1.82, 2.24) is 10.4 Å². The second-order valence-electron chi connectivity index (χ2n) is 4.45. The first-order valence-corrected chi connectivity index (χ1v) is 7.07. The molecule has 0 radical (unpaired) electrons. The molecule has 0 aliphatic heterocycles. The summed E-state index contributed by atoms with van der Waals surface area (Å²) in [6.45, 7) is 0. The first kappa shape index (κ1) is 12.3. The molecule has 0 spiro atoms. The number of pyridine rings is 1. The van der Waals surface area contributed by atoms with E-state index < -0.39 is 0 Å². The van der Waals surface area contributed by atoms with E-state index in [2.05, 4.69) is 40.1 Å². The van der Waals surface area contributed by atoms with Crippen LogP contribution in [0.15, 0.2) is 54.2 Å². The highest BCUT2D eigenvalue weighted by molar-refractivity contribution is 7.09. The van der Waals surface area contributed by atoms with Gasteiger partial charge in [0.2, 0.25) is 0 Å². The number of aromatic nitrogens is 1. The number of nitrogens with two attached hydrogens (primary N) is 1. The van der Waals surface area contributed by atoms with E-state index in [1.165, 1.54) is 10.3 Å². The summed E-state index contributed by atoms with van der Waals surface area (Å²) >= 11 is 1.75. The van der Waals surface area contributed by atoms with Crippen molar-refractivity contribution in [3.8, 4) is 0 Å². The topological polar surface area (TPSA) is 50.9 Å². The zero-order valence-corrected chi connectivity index (χ0v) is 11.2. The third-order valence-electron chi connectivity index (χ3n) is 3.26. The molecule has 3 nitrogen and oxygen atoms in total. The minimum absolute atomic E-state index is 0.0808. The summed E-state index contributed by atoms with van der Waals surface area (Å²) in [5, 5.41) is 4.44. The van der Waals surface area contributed by atoms with Crippen molar-refractivity contribution < 1.29 is 0 Å². The smallest absolute Gasteiger partial charge is 0.0529 e. The van der Waals surface area contributed by atoms with E-state index in [1.54, 1.807) is 11.3 Å². The Hall–Kier alpha value is -1.75. The molecule has 1 unspecified atom stereocenters. The Kier molecular flexibility index (Phi) is 3.55. The van der Waals surface area contributed by atoms with Gasteiger partial charge in [-0.15, -0.1) is 11.3 Å². The van der Waals surface area contributed by atoms with Crippen LogP contribution in [0.1, 0.15) is 16.5 Å².